The van der Waals surface area contributed by atoms with Gasteiger partial charge in [0, 0.05) is 23.5 Å². The second kappa shape index (κ2) is 9.46. The van der Waals surface area contributed by atoms with Crippen molar-refractivity contribution < 1.29 is 5.11 Å². The molecule has 0 unspecified atom stereocenters. The van der Waals surface area contributed by atoms with Gasteiger partial charge in [0.05, 0.1) is 5.69 Å². The zero-order chi connectivity index (χ0) is 25.4. The van der Waals surface area contributed by atoms with Crippen LogP contribution in [0, 0.1) is 6.92 Å². The number of rotatable bonds is 6. The Bertz CT molecular complexity index is 1500. The number of benzene rings is 3. The van der Waals surface area contributed by atoms with E-state index in [0.29, 0.717) is 29.2 Å². The van der Waals surface area contributed by atoms with Crippen LogP contribution < -0.4 is 0 Å². The monoisotopic (exact) mass is 477 g/mol. The lowest BCUT2D eigenvalue weighted by atomic mass is 9.92. The first-order valence-electron chi connectivity index (χ1n) is 12.3. The number of aromatic hydroxyl groups is 1. The summed E-state index contributed by atoms with van der Waals surface area (Å²) in [5.74, 6) is 3.10. The standard InChI is InChI=1S/C30H31N5O/c1-19(2)24-12-9-13-25(20(3)4)28(24)34-17-16-31-30(34)23-11-8-10-22(18-23)29-32-21(5)35(33-29)26-14-6-7-15-27(26)36/h6-20,36H,1-5H3. The number of aromatic nitrogens is 5. The first kappa shape index (κ1) is 23.5. The molecule has 0 spiro atoms. The Kier molecular flexibility index (Phi) is 6.18. The zero-order valence-electron chi connectivity index (χ0n) is 21.3. The molecule has 0 aliphatic rings. The summed E-state index contributed by atoms with van der Waals surface area (Å²) >= 11 is 0. The summed E-state index contributed by atoms with van der Waals surface area (Å²) in [6.07, 6.45) is 3.91. The number of imidazole rings is 1. The summed E-state index contributed by atoms with van der Waals surface area (Å²) in [5, 5.41) is 15.0. The maximum Gasteiger partial charge on any atom is 0.181 e. The summed E-state index contributed by atoms with van der Waals surface area (Å²) in [4.78, 5) is 9.45. The van der Waals surface area contributed by atoms with E-state index in [1.807, 2.05) is 43.6 Å². The molecule has 36 heavy (non-hydrogen) atoms. The highest BCUT2D eigenvalue weighted by atomic mass is 16.3. The van der Waals surface area contributed by atoms with E-state index in [2.05, 4.69) is 67.6 Å². The maximum atomic E-state index is 10.3. The highest BCUT2D eigenvalue weighted by Gasteiger charge is 2.19. The smallest absolute Gasteiger partial charge is 0.181 e. The van der Waals surface area contributed by atoms with E-state index >= 15 is 0 Å². The van der Waals surface area contributed by atoms with Crippen LogP contribution in [0.2, 0.25) is 0 Å². The van der Waals surface area contributed by atoms with Crippen molar-refractivity contribution in [3.8, 4) is 39.9 Å². The van der Waals surface area contributed by atoms with Crippen LogP contribution >= 0.6 is 0 Å². The average molecular weight is 478 g/mol. The predicted octanol–water partition coefficient (Wildman–Crippen LogP) is 7.05. The van der Waals surface area contributed by atoms with Crippen molar-refractivity contribution in [2.75, 3.05) is 0 Å². The molecule has 2 aromatic heterocycles. The number of para-hydroxylation sites is 3. The van der Waals surface area contributed by atoms with Gasteiger partial charge in [-0.3, -0.25) is 4.57 Å². The lowest BCUT2D eigenvalue weighted by Crippen LogP contribution is -2.07. The van der Waals surface area contributed by atoms with Crippen molar-refractivity contribution in [3.63, 3.8) is 0 Å². The molecule has 2 heterocycles. The second-order valence-corrected chi connectivity index (χ2v) is 9.68. The number of hydrogen-bond donors (Lipinski definition) is 1. The fourth-order valence-electron chi connectivity index (χ4n) is 4.67. The van der Waals surface area contributed by atoms with E-state index in [-0.39, 0.29) is 5.75 Å². The highest BCUT2D eigenvalue weighted by Crippen LogP contribution is 2.34. The first-order valence-corrected chi connectivity index (χ1v) is 12.3. The molecule has 5 aromatic rings. The Hall–Kier alpha value is -4.19. The van der Waals surface area contributed by atoms with Gasteiger partial charge >= 0.3 is 0 Å². The molecule has 0 saturated heterocycles. The van der Waals surface area contributed by atoms with Crippen LogP contribution in [0.5, 0.6) is 5.75 Å². The lowest BCUT2D eigenvalue weighted by molar-refractivity contribution is 0.470. The van der Waals surface area contributed by atoms with Gasteiger partial charge in [0.1, 0.15) is 23.1 Å². The summed E-state index contributed by atoms with van der Waals surface area (Å²) in [5.41, 5.74) is 6.29. The molecule has 0 atom stereocenters. The molecule has 6 nitrogen and oxygen atoms in total. The van der Waals surface area contributed by atoms with Crippen LogP contribution in [0.3, 0.4) is 0 Å². The molecule has 0 aliphatic heterocycles. The topological polar surface area (TPSA) is 68.8 Å². The van der Waals surface area contributed by atoms with Crippen molar-refractivity contribution in [2.45, 2.75) is 46.5 Å². The third-order valence-electron chi connectivity index (χ3n) is 6.48. The molecule has 0 aliphatic carbocycles. The van der Waals surface area contributed by atoms with Gasteiger partial charge in [-0.25, -0.2) is 14.6 Å². The molecule has 3 aromatic carbocycles. The van der Waals surface area contributed by atoms with E-state index in [9.17, 15) is 5.11 Å². The van der Waals surface area contributed by atoms with E-state index < -0.39 is 0 Å². The predicted molar refractivity (Wildman–Crippen MR) is 144 cm³/mol. The molecular formula is C30H31N5O. The Morgan fingerprint density at radius 1 is 0.806 bits per heavy atom. The Morgan fingerprint density at radius 2 is 1.47 bits per heavy atom. The quantitative estimate of drug-likeness (QED) is 0.285. The Balaban J connectivity index is 1.61. The van der Waals surface area contributed by atoms with Crippen LogP contribution in [-0.4, -0.2) is 29.4 Å². The van der Waals surface area contributed by atoms with Crippen LogP contribution in [0.4, 0.5) is 0 Å². The molecule has 0 saturated carbocycles. The fourth-order valence-corrected chi connectivity index (χ4v) is 4.67. The first-order chi connectivity index (χ1) is 17.3. The second-order valence-electron chi connectivity index (χ2n) is 9.68. The molecule has 1 N–H and O–H groups in total. The minimum atomic E-state index is 0.164. The molecule has 0 bridgehead atoms. The van der Waals surface area contributed by atoms with Gasteiger partial charge in [0.25, 0.3) is 0 Å². The summed E-state index contributed by atoms with van der Waals surface area (Å²) in [7, 11) is 0. The SMILES string of the molecule is Cc1nc(-c2cccc(-c3nccn3-c3c(C(C)C)cccc3C(C)C)c2)nn1-c1ccccc1O. The fraction of sp³-hybridized carbons (Fsp3) is 0.233. The van der Waals surface area contributed by atoms with Crippen molar-refractivity contribution in [2.24, 2.45) is 0 Å². The van der Waals surface area contributed by atoms with Crippen molar-refractivity contribution in [3.05, 3.63) is 96.1 Å². The van der Waals surface area contributed by atoms with Gasteiger partial charge in [-0.15, -0.1) is 5.10 Å². The molecule has 182 valence electrons. The number of phenolic OH excluding ortho intramolecular Hbond substituents is 1. The number of phenols is 1. The van der Waals surface area contributed by atoms with Gasteiger partial charge in [0.15, 0.2) is 5.82 Å². The van der Waals surface area contributed by atoms with Crippen molar-refractivity contribution >= 4 is 0 Å². The third-order valence-corrected chi connectivity index (χ3v) is 6.48. The number of hydrogen-bond acceptors (Lipinski definition) is 4. The van der Waals surface area contributed by atoms with Crippen LogP contribution in [-0.2, 0) is 0 Å². The Morgan fingerprint density at radius 3 is 2.17 bits per heavy atom. The van der Waals surface area contributed by atoms with Crippen molar-refractivity contribution in [1.82, 2.24) is 24.3 Å². The molecule has 0 amide bonds. The van der Waals surface area contributed by atoms with Gasteiger partial charge in [-0.2, -0.15) is 0 Å². The lowest BCUT2D eigenvalue weighted by Gasteiger charge is -2.21. The molecule has 0 fully saturated rings. The zero-order valence-corrected chi connectivity index (χ0v) is 21.3. The minimum Gasteiger partial charge on any atom is -0.506 e. The maximum absolute atomic E-state index is 10.3. The normalized spacial score (nSPS) is 11.5. The summed E-state index contributed by atoms with van der Waals surface area (Å²) < 4.78 is 3.88. The number of aryl methyl sites for hydroxylation is 1. The van der Waals surface area contributed by atoms with Gasteiger partial charge in [-0.05, 0) is 48.1 Å². The van der Waals surface area contributed by atoms with Gasteiger partial charge in [-0.1, -0.05) is 76.2 Å². The van der Waals surface area contributed by atoms with Gasteiger partial charge in [0.2, 0.25) is 0 Å². The van der Waals surface area contributed by atoms with E-state index in [1.54, 1.807) is 16.8 Å². The van der Waals surface area contributed by atoms with Gasteiger partial charge < -0.3 is 5.11 Å². The summed E-state index contributed by atoms with van der Waals surface area (Å²) in [6, 6.07) is 21.9. The van der Waals surface area contributed by atoms with E-state index in [4.69, 9.17) is 10.1 Å². The third kappa shape index (κ3) is 4.19. The average Bonchev–Trinajstić information content (AvgIpc) is 3.51. The largest absolute Gasteiger partial charge is 0.506 e. The molecule has 0 radical (unpaired) electrons. The van der Waals surface area contributed by atoms with Crippen LogP contribution in [0.15, 0.2) is 79.1 Å². The minimum absolute atomic E-state index is 0.164. The van der Waals surface area contributed by atoms with E-state index in [0.717, 1.165) is 17.0 Å². The van der Waals surface area contributed by atoms with Crippen LogP contribution in [0.25, 0.3) is 34.2 Å². The van der Waals surface area contributed by atoms with Crippen molar-refractivity contribution in [1.29, 1.82) is 0 Å². The van der Waals surface area contributed by atoms with Crippen LogP contribution in [0.1, 0.15) is 56.5 Å². The number of nitrogens with zero attached hydrogens (tertiary/aromatic N) is 5. The molecule has 5 rings (SSSR count). The highest BCUT2D eigenvalue weighted by molar-refractivity contribution is 5.69. The van der Waals surface area contributed by atoms with E-state index in [1.165, 1.54) is 16.8 Å². The molecule has 6 heteroatoms. The molecular weight excluding hydrogens is 446 g/mol. The Labute approximate surface area is 211 Å². The summed E-state index contributed by atoms with van der Waals surface area (Å²) in [6.45, 7) is 10.8.